The average Bonchev–Trinajstić information content (AvgIpc) is 3.02. The van der Waals surface area contributed by atoms with Crippen LogP contribution in [0.2, 0.25) is 0 Å². The van der Waals surface area contributed by atoms with E-state index in [0.29, 0.717) is 18.4 Å². The van der Waals surface area contributed by atoms with Gasteiger partial charge in [0.25, 0.3) is 0 Å². The van der Waals surface area contributed by atoms with Crippen molar-refractivity contribution in [2.75, 3.05) is 38.0 Å². The number of benzene rings is 1. The van der Waals surface area contributed by atoms with Crippen LogP contribution in [0.4, 0.5) is 0 Å². The number of aryl methyl sites for hydroxylation is 1. The molecule has 5 heteroatoms. The third-order valence-corrected chi connectivity index (χ3v) is 4.39. The lowest BCUT2D eigenvalue weighted by Gasteiger charge is -2.20. The van der Waals surface area contributed by atoms with Crippen LogP contribution >= 0.6 is 23.2 Å². The Kier molecular flexibility index (Phi) is 8.07. The molecule has 1 heterocycles. The summed E-state index contributed by atoms with van der Waals surface area (Å²) in [6.45, 7) is 5.59. The summed E-state index contributed by atoms with van der Waals surface area (Å²) in [5.74, 6) is 2.33. The lowest BCUT2D eigenvalue weighted by atomic mass is 10.0. The van der Waals surface area contributed by atoms with Gasteiger partial charge in [0.05, 0.1) is 6.61 Å². The zero-order chi connectivity index (χ0) is 16.5. The Morgan fingerprint density at radius 3 is 2.52 bits per heavy atom. The maximum absolute atomic E-state index is 5.84. The molecule has 3 nitrogen and oxygen atoms in total. The number of nitrogens with one attached hydrogen (secondary N) is 1. The lowest BCUT2D eigenvalue weighted by Crippen LogP contribution is -2.29. The highest BCUT2D eigenvalue weighted by molar-refractivity contribution is 6.18. The van der Waals surface area contributed by atoms with Crippen LogP contribution in [0, 0.1) is 0 Å². The van der Waals surface area contributed by atoms with Gasteiger partial charge >= 0.3 is 0 Å². The standard InChI is InChI=1S/C18H26Cl2N2O/c1-2-23-18-7-6-17-15(8-11-21-17)16(18)5-3-4-12-22(13-9-19)14-10-20/h6-8,11,21H,2-5,9-10,12-14H2,1H3. The van der Waals surface area contributed by atoms with Crippen LogP contribution in [0.15, 0.2) is 24.4 Å². The number of halogens is 2. The van der Waals surface area contributed by atoms with Crippen molar-refractivity contribution in [1.82, 2.24) is 9.88 Å². The first-order chi connectivity index (χ1) is 11.3. The summed E-state index contributed by atoms with van der Waals surface area (Å²) in [4.78, 5) is 5.61. The predicted octanol–water partition coefficient (Wildman–Crippen LogP) is 4.67. The summed E-state index contributed by atoms with van der Waals surface area (Å²) < 4.78 is 5.81. The third kappa shape index (κ3) is 5.30. The number of fused-ring (bicyclic) bond motifs is 1. The number of H-pyrrole nitrogens is 1. The number of aromatic nitrogens is 1. The van der Waals surface area contributed by atoms with E-state index in [9.17, 15) is 0 Å². The minimum absolute atomic E-state index is 0.661. The van der Waals surface area contributed by atoms with Gasteiger partial charge in [0, 0.05) is 47.5 Å². The van der Waals surface area contributed by atoms with Gasteiger partial charge in [-0.05, 0) is 50.9 Å². The van der Waals surface area contributed by atoms with Crippen molar-refractivity contribution in [2.45, 2.75) is 26.2 Å². The summed E-state index contributed by atoms with van der Waals surface area (Å²) in [7, 11) is 0. The van der Waals surface area contributed by atoms with Crippen molar-refractivity contribution in [3.05, 3.63) is 30.0 Å². The van der Waals surface area contributed by atoms with E-state index in [0.717, 1.165) is 44.6 Å². The average molecular weight is 357 g/mol. The first-order valence-electron chi connectivity index (χ1n) is 8.36. The van der Waals surface area contributed by atoms with Crippen molar-refractivity contribution in [3.63, 3.8) is 0 Å². The Morgan fingerprint density at radius 1 is 1.04 bits per heavy atom. The summed E-state index contributed by atoms with van der Waals surface area (Å²) in [5, 5.41) is 1.27. The van der Waals surface area contributed by atoms with Crippen LogP contribution in [-0.2, 0) is 6.42 Å². The molecule has 0 atom stereocenters. The Hall–Kier alpha value is -0.900. The number of ether oxygens (including phenoxy) is 1. The number of rotatable bonds is 11. The number of hydrogen-bond donors (Lipinski definition) is 1. The molecule has 0 aliphatic heterocycles. The molecule has 1 aromatic carbocycles. The Balaban J connectivity index is 1.95. The molecule has 0 unspecified atom stereocenters. The molecule has 2 rings (SSSR count). The topological polar surface area (TPSA) is 28.3 Å². The molecule has 1 aromatic heterocycles. The van der Waals surface area contributed by atoms with Crippen LogP contribution in [0.3, 0.4) is 0 Å². The van der Waals surface area contributed by atoms with Crippen LogP contribution in [-0.4, -0.2) is 47.9 Å². The second-order valence-corrected chi connectivity index (χ2v) is 6.35. The number of hydrogen-bond acceptors (Lipinski definition) is 2. The van der Waals surface area contributed by atoms with E-state index < -0.39 is 0 Å². The summed E-state index contributed by atoms with van der Waals surface area (Å²) >= 11 is 11.7. The summed E-state index contributed by atoms with van der Waals surface area (Å²) in [5.41, 5.74) is 2.49. The molecule has 0 saturated heterocycles. The first kappa shape index (κ1) is 18.4. The van der Waals surface area contributed by atoms with Gasteiger partial charge in [0.15, 0.2) is 0 Å². The van der Waals surface area contributed by atoms with Gasteiger partial charge in [-0.15, -0.1) is 23.2 Å². The molecule has 0 radical (unpaired) electrons. The van der Waals surface area contributed by atoms with E-state index in [1.807, 2.05) is 13.1 Å². The fraction of sp³-hybridized carbons (Fsp3) is 0.556. The minimum Gasteiger partial charge on any atom is -0.494 e. The van der Waals surface area contributed by atoms with Crippen molar-refractivity contribution < 1.29 is 4.74 Å². The minimum atomic E-state index is 0.661. The fourth-order valence-corrected chi connectivity index (χ4v) is 3.41. The van der Waals surface area contributed by atoms with E-state index in [-0.39, 0.29) is 0 Å². The zero-order valence-corrected chi connectivity index (χ0v) is 15.3. The molecule has 0 aliphatic rings. The van der Waals surface area contributed by atoms with E-state index in [2.05, 4.69) is 28.1 Å². The van der Waals surface area contributed by atoms with Crippen molar-refractivity contribution in [2.24, 2.45) is 0 Å². The fourth-order valence-electron chi connectivity index (χ4n) is 2.94. The largest absolute Gasteiger partial charge is 0.494 e. The molecular weight excluding hydrogens is 331 g/mol. The van der Waals surface area contributed by atoms with Crippen LogP contribution in [0.1, 0.15) is 25.3 Å². The van der Waals surface area contributed by atoms with E-state index in [1.54, 1.807) is 0 Å². The quantitative estimate of drug-likeness (QED) is 0.468. The SMILES string of the molecule is CCOc1ccc2[nH]ccc2c1CCCCN(CCCl)CCCl. The highest BCUT2D eigenvalue weighted by atomic mass is 35.5. The van der Waals surface area contributed by atoms with Gasteiger partial charge in [-0.1, -0.05) is 0 Å². The van der Waals surface area contributed by atoms with Crippen LogP contribution in [0.5, 0.6) is 5.75 Å². The zero-order valence-electron chi connectivity index (χ0n) is 13.8. The maximum atomic E-state index is 5.84. The summed E-state index contributed by atoms with van der Waals surface area (Å²) in [6.07, 6.45) is 5.29. The van der Waals surface area contributed by atoms with Crippen LogP contribution < -0.4 is 4.74 Å². The van der Waals surface area contributed by atoms with Gasteiger partial charge in [-0.2, -0.15) is 0 Å². The monoisotopic (exact) mass is 356 g/mol. The number of nitrogens with zero attached hydrogens (tertiary/aromatic N) is 1. The molecule has 0 amide bonds. The van der Waals surface area contributed by atoms with E-state index in [1.165, 1.54) is 16.5 Å². The highest BCUT2D eigenvalue weighted by Crippen LogP contribution is 2.29. The molecule has 128 valence electrons. The van der Waals surface area contributed by atoms with Crippen molar-refractivity contribution in [3.8, 4) is 5.75 Å². The number of alkyl halides is 2. The summed E-state index contributed by atoms with van der Waals surface area (Å²) in [6, 6.07) is 6.30. The molecule has 1 N–H and O–H groups in total. The second-order valence-electron chi connectivity index (χ2n) is 5.59. The predicted molar refractivity (Wildman–Crippen MR) is 100 cm³/mol. The molecule has 23 heavy (non-hydrogen) atoms. The third-order valence-electron chi connectivity index (χ3n) is 4.06. The van der Waals surface area contributed by atoms with E-state index >= 15 is 0 Å². The van der Waals surface area contributed by atoms with Crippen LogP contribution in [0.25, 0.3) is 10.9 Å². The Bertz CT molecular complexity index is 579. The van der Waals surface area contributed by atoms with Gasteiger partial charge in [-0.25, -0.2) is 0 Å². The van der Waals surface area contributed by atoms with Gasteiger partial charge in [0.1, 0.15) is 5.75 Å². The molecule has 0 spiro atoms. The first-order valence-corrected chi connectivity index (χ1v) is 9.43. The lowest BCUT2D eigenvalue weighted by molar-refractivity contribution is 0.299. The maximum Gasteiger partial charge on any atom is 0.123 e. The molecule has 0 bridgehead atoms. The molecule has 2 aromatic rings. The smallest absolute Gasteiger partial charge is 0.123 e. The van der Waals surface area contributed by atoms with Crippen molar-refractivity contribution in [1.29, 1.82) is 0 Å². The molecule has 0 aliphatic carbocycles. The number of unbranched alkanes of at least 4 members (excludes halogenated alkanes) is 1. The molecule has 0 fully saturated rings. The van der Waals surface area contributed by atoms with Gasteiger partial charge in [0.2, 0.25) is 0 Å². The Morgan fingerprint density at radius 2 is 1.83 bits per heavy atom. The second kappa shape index (κ2) is 10.1. The van der Waals surface area contributed by atoms with E-state index in [4.69, 9.17) is 27.9 Å². The Labute approximate surface area is 148 Å². The highest BCUT2D eigenvalue weighted by Gasteiger charge is 2.10. The molecular formula is C18H26Cl2N2O. The van der Waals surface area contributed by atoms with Gasteiger partial charge in [-0.3, -0.25) is 0 Å². The van der Waals surface area contributed by atoms with Gasteiger partial charge < -0.3 is 14.6 Å². The number of aromatic amines is 1. The molecule has 0 saturated carbocycles. The van der Waals surface area contributed by atoms with Crippen molar-refractivity contribution >= 4 is 34.1 Å². The normalized spacial score (nSPS) is 11.5.